The van der Waals surface area contributed by atoms with E-state index in [1.165, 1.54) is 4.90 Å². The van der Waals surface area contributed by atoms with Crippen molar-refractivity contribution in [3.8, 4) is 0 Å². The van der Waals surface area contributed by atoms with E-state index < -0.39 is 11.7 Å². The third-order valence-electron chi connectivity index (χ3n) is 3.73. The molecule has 1 N–H and O–H groups in total. The first-order valence-electron chi connectivity index (χ1n) is 7.35. The second kappa shape index (κ2) is 6.09. The van der Waals surface area contributed by atoms with Gasteiger partial charge in [0.2, 0.25) is 0 Å². The molecule has 2 aliphatic rings. The Bertz CT molecular complexity index is 401. The van der Waals surface area contributed by atoms with Gasteiger partial charge in [0.05, 0.1) is 18.7 Å². The molecule has 7 nitrogen and oxygen atoms in total. The summed E-state index contributed by atoms with van der Waals surface area (Å²) in [6, 6.07) is -0.284. The quantitative estimate of drug-likeness (QED) is 0.840. The second-order valence-electron chi connectivity index (χ2n) is 6.58. The summed E-state index contributed by atoms with van der Waals surface area (Å²) in [6.07, 6.45) is 0.0386. The first kappa shape index (κ1) is 15.9. The van der Waals surface area contributed by atoms with Crippen LogP contribution in [0.4, 0.5) is 9.59 Å². The largest absolute Gasteiger partial charge is 0.465 e. The standard InChI is InChI=1S/C14H24N2O5/c1-14(2,3)21-13(19)15-6-4-10(8-15)16(12(17)18)11-5-7-20-9-11/h10-11H,4-9H2,1-3H3,(H,17,18)/t10-,11+/m1/s1. The number of carboxylic acid groups (broad SMARTS) is 1. The van der Waals surface area contributed by atoms with Gasteiger partial charge in [-0.05, 0) is 33.6 Å². The van der Waals surface area contributed by atoms with Crippen molar-refractivity contribution < 1.29 is 24.2 Å². The zero-order chi connectivity index (χ0) is 15.6. The van der Waals surface area contributed by atoms with Gasteiger partial charge in [-0.1, -0.05) is 0 Å². The van der Waals surface area contributed by atoms with Gasteiger partial charge in [0.1, 0.15) is 5.60 Å². The number of nitrogens with zero attached hydrogens (tertiary/aromatic N) is 2. The average molecular weight is 300 g/mol. The summed E-state index contributed by atoms with van der Waals surface area (Å²) in [7, 11) is 0. The molecule has 0 aliphatic carbocycles. The van der Waals surface area contributed by atoms with E-state index in [4.69, 9.17) is 9.47 Å². The van der Waals surface area contributed by atoms with Crippen LogP contribution >= 0.6 is 0 Å². The van der Waals surface area contributed by atoms with Crippen molar-refractivity contribution in [2.24, 2.45) is 0 Å². The van der Waals surface area contributed by atoms with E-state index >= 15 is 0 Å². The van der Waals surface area contributed by atoms with Gasteiger partial charge >= 0.3 is 12.2 Å². The highest BCUT2D eigenvalue weighted by Crippen LogP contribution is 2.23. The fourth-order valence-electron chi connectivity index (χ4n) is 2.81. The van der Waals surface area contributed by atoms with Crippen molar-refractivity contribution in [2.75, 3.05) is 26.3 Å². The van der Waals surface area contributed by atoms with Crippen LogP contribution in [0.2, 0.25) is 0 Å². The second-order valence-corrected chi connectivity index (χ2v) is 6.58. The van der Waals surface area contributed by atoms with Crippen molar-refractivity contribution in [1.82, 2.24) is 9.80 Å². The number of ether oxygens (including phenoxy) is 2. The SMILES string of the molecule is CC(C)(C)OC(=O)N1CC[C@@H](N(C(=O)O)[C@H]2CCOC2)C1. The van der Waals surface area contributed by atoms with E-state index in [9.17, 15) is 14.7 Å². The molecular formula is C14H24N2O5. The zero-order valence-corrected chi connectivity index (χ0v) is 12.9. The van der Waals surface area contributed by atoms with Crippen molar-refractivity contribution in [3.05, 3.63) is 0 Å². The van der Waals surface area contributed by atoms with Crippen LogP contribution < -0.4 is 0 Å². The van der Waals surface area contributed by atoms with Gasteiger partial charge in [-0.3, -0.25) is 4.90 Å². The molecule has 2 fully saturated rings. The monoisotopic (exact) mass is 300 g/mol. The lowest BCUT2D eigenvalue weighted by molar-refractivity contribution is 0.0270. The van der Waals surface area contributed by atoms with Crippen molar-refractivity contribution in [2.45, 2.75) is 51.3 Å². The third kappa shape index (κ3) is 4.00. The van der Waals surface area contributed by atoms with Crippen LogP contribution in [0.5, 0.6) is 0 Å². The third-order valence-corrected chi connectivity index (χ3v) is 3.73. The van der Waals surface area contributed by atoms with Crippen LogP contribution in [0, 0.1) is 0 Å². The van der Waals surface area contributed by atoms with Crippen LogP contribution in [0.3, 0.4) is 0 Å². The smallest absolute Gasteiger partial charge is 0.410 e. The highest BCUT2D eigenvalue weighted by Gasteiger charge is 2.39. The lowest BCUT2D eigenvalue weighted by Crippen LogP contribution is -2.48. The summed E-state index contributed by atoms with van der Waals surface area (Å²) in [5, 5.41) is 9.44. The van der Waals surface area contributed by atoms with Crippen molar-refractivity contribution in [1.29, 1.82) is 0 Å². The molecule has 0 saturated carbocycles. The molecule has 21 heavy (non-hydrogen) atoms. The van der Waals surface area contributed by atoms with Crippen LogP contribution in [-0.4, -0.2) is 71.1 Å². The Morgan fingerprint density at radius 2 is 2.00 bits per heavy atom. The lowest BCUT2D eigenvalue weighted by atomic mass is 10.1. The van der Waals surface area contributed by atoms with Crippen molar-refractivity contribution in [3.63, 3.8) is 0 Å². The molecule has 0 bridgehead atoms. The van der Waals surface area contributed by atoms with E-state index in [1.54, 1.807) is 4.90 Å². The summed E-state index contributed by atoms with van der Waals surface area (Å²) >= 11 is 0. The zero-order valence-electron chi connectivity index (χ0n) is 12.9. The molecule has 0 aromatic carbocycles. The summed E-state index contributed by atoms with van der Waals surface area (Å²) in [4.78, 5) is 26.6. The Labute approximate surface area is 124 Å². The number of carbonyl (C=O) groups excluding carboxylic acids is 1. The van der Waals surface area contributed by atoms with Gasteiger partial charge in [0.15, 0.2) is 0 Å². The summed E-state index contributed by atoms with van der Waals surface area (Å²) < 4.78 is 10.6. The van der Waals surface area contributed by atoms with Gasteiger partial charge in [-0.25, -0.2) is 9.59 Å². The minimum absolute atomic E-state index is 0.105. The fourth-order valence-corrected chi connectivity index (χ4v) is 2.81. The molecule has 0 radical (unpaired) electrons. The predicted octanol–water partition coefficient (Wildman–Crippen LogP) is 1.76. The number of carbonyl (C=O) groups is 2. The van der Waals surface area contributed by atoms with Gasteiger partial charge in [0.25, 0.3) is 0 Å². The van der Waals surface area contributed by atoms with Gasteiger partial charge in [0, 0.05) is 19.7 Å². The molecule has 0 aromatic rings. The highest BCUT2D eigenvalue weighted by molar-refractivity contribution is 5.69. The molecule has 2 amide bonds. The maximum atomic E-state index is 12.0. The molecule has 2 saturated heterocycles. The van der Waals surface area contributed by atoms with E-state index in [0.29, 0.717) is 32.7 Å². The maximum absolute atomic E-state index is 12.0. The molecule has 120 valence electrons. The normalized spacial score (nSPS) is 26.0. The Morgan fingerprint density at radius 1 is 1.29 bits per heavy atom. The first-order valence-corrected chi connectivity index (χ1v) is 7.35. The van der Waals surface area contributed by atoms with E-state index in [1.807, 2.05) is 20.8 Å². The Balaban J connectivity index is 1.96. The molecule has 0 aromatic heterocycles. The van der Waals surface area contributed by atoms with Crippen LogP contribution in [0.15, 0.2) is 0 Å². The molecular weight excluding hydrogens is 276 g/mol. The number of amides is 2. The maximum Gasteiger partial charge on any atom is 0.410 e. The molecule has 0 unspecified atom stereocenters. The molecule has 7 heteroatoms. The summed E-state index contributed by atoms with van der Waals surface area (Å²) in [5.41, 5.74) is -0.541. The predicted molar refractivity (Wildman–Crippen MR) is 75.3 cm³/mol. The van der Waals surface area contributed by atoms with Crippen molar-refractivity contribution >= 4 is 12.2 Å². The Kier molecular flexibility index (Phi) is 4.61. The summed E-state index contributed by atoms with van der Waals surface area (Å²) in [6.45, 7) is 7.40. The van der Waals surface area contributed by atoms with Gasteiger partial charge in [-0.15, -0.1) is 0 Å². The Hall–Kier alpha value is -1.50. The minimum atomic E-state index is -0.943. The molecule has 2 atom stereocenters. The Morgan fingerprint density at radius 3 is 2.52 bits per heavy atom. The number of hydrogen-bond acceptors (Lipinski definition) is 4. The highest BCUT2D eigenvalue weighted by atomic mass is 16.6. The molecule has 2 rings (SSSR count). The van der Waals surface area contributed by atoms with Crippen LogP contribution in [0.1, 0.15) is 33.6 Å². The molecule has 0 spiro atoms. The topological polar surface area (TPSA) is 79.3 Å². The fraction of sp³-hybridized carbons (Fsp3) is 0.857. The molecule has 2 heterocycles. The molecule has 2 aliphatic heterocycles. The number of likely N-dealkylation sites (tertiary alicyclic amines) is 1. The van der Waals surface area contributed by atoms with Gasteiger partial charge < -0.3 is 19.5 Å². The van der Waals surface area contributed by atoms with Gasteiger partial charge in [-0.2, -0.15) is 0 Å². The van der Waals surface area contributed by atoms with Crippen LogP contribution in [0.25, 0.3) is 0 Å². The van der Waals surface area contributed by atoms with Crippen LogP contribution in [-0.2, 0) is 9.47 Å². The minimum Gasteiger partial charge on any atom is -0.465 e. The van der Waals surface area contributed by atoms with E-state index in [2.05, 4.69) is 0 Å². The van der Waals surface area contributed by atoms with E-state index in [-0.39, 0.29) is 18.2 Å². The lowest BCUT2D eigenvalue weighted by Gasteiger charge is -2.31. The summed E-state index contributed by atoms with van der Waals surface area (Å²) in [5.74, 6) is 0. The number of hydrogen-bond donors (Lipinski definition) is 1. The average Bonchev–Trinajstić information content (AvgIpc) is 2.97. The van der Waals surface area contributed by atoms with E-state index in [0.717, 1.165) is 6.42 Å². The first-order chi connectivity index (χ1) is 9.78. The number of rotatable bonds is 2.